The van der Waals surface area contributed by atoms with E-state index in [0.29, 0.717) is 5.92 Å². The molecule has 0 saturated carbocycles. The fourth-order valence-electron chi connectivity index (χ4n) is 2.89. The third-order valence-electron chi connectivity index (χ3n) is 3.93. The smallest absolute Gasteiger partial charge is 0.236 e. The van der Waals surface area contributed by atoms with Gasteiger partial charge in [0, 0.05) is 17.1 Å². The molecule has 0 unspecified atom stereocenters. The molecule has 3 aromatic rings. The Morgan fingerprint density at radius 1 is 1.12 bits per heavy atom. The molecule has 0 saturated heterocycles. The molecule has 2 aromatic heterocycles. The third-order valence-corrected chi connectivity index (χ3v) is 3.93. The first kappa shape index (κ1) is 16.3. The summed E-state index contributed by atoms with van der Waals surface area (Å²) >= 11 is 0. The largest absolute Gasteiger partial charge is 0.497 e. The molecule has 3 rings (SSSR count). The maximum atomic E-state index is 5.23. The Balaban J connectivity index is 2.08. The quantitative estimate of drug-likeness (QED) is 0.760. The molecule has 0 atom stereocenters. The number of fused-ring (bicyclic) bond motifs is 1. The molecule has 1 N–H and O–H groups in total. The van der Waals surface area contributed by atoms with Crippen LogP contribution < -0.4 is 10.1 Å². The summed E-state index contributed by atoms with van der Waals surface area (Å²) in [5, 5.41) is 3.52. The summed E-state index contributed by atoms with van der Waals surface area (Å²) in [6, 6.07) is 9.99. The number of methoxy groups -OCH3 is 1. The lowest BCUT2D eigenvalue weighted by Gasteiger charge is -2.12. The van der Waals surface area contributed by atoms with Crippen molar-refractivity contribution in [2.24, 2.45) is 5.92 Å². The highest BCUT2D eigenvalue weighted by Gasteiger charge is 2.16. The number of nitrogens with zero attached hydrogens (tertiary/aromatic N) is 3. The maximum Gasteiger partial charge on any atom is 0.236 e. The summed E-state index contributed by atoms with van der Waals surface area (Å²) in [5.74, 6) is 3.11. The Morgan fingerprint density at radius 3 is 2.46 bits per heavy atom. The van der Waals surface area contributed by atoms with Gasteiger partial charge >= 0.3 is 0 Å². The van der Waals surface area contributed by atoms with E-state index in [9.17, 15) is 0 Å². The molecule has 5 nitrogen and oxygen atoms in total. The van der Waals surface area contributed by atoms with E-state index in [-0.39, 0.29) is 0 Å². The van der Waals surface area contributed by atoms with Gasteiger partial charge < -0.3 is 10.1 Å². The normalized spacial score (nSPS) is 11.2. The van der Waals surface area contributed by atoms with Gasteiger partial charge in [0.25, 0.3) is 0 Å². The maximum absolute atomic E-state index is 5.23. The number of ether oxygens (including phenoxy) is 1. The number of anilines is 2. The van der Waals surface area contributed by atoms with E-state index >= 15 is 0 Å². The summed E-state index contributed by atoms with van der Waals surface area (Å²) in [5.41, 5.74) is 4.15. The van der Waals surface area contributed by atoms with Gasteiger partial charge in [-0.25, -0.2) is 9.97 Å². The summed E-state index contributed by atoms with van der Waals surface area (Å²) < 4.78 is 7.32. The van der Waals surface area contributed by atoms with Crippen molar-refractivity contribution in [2.45, 2.75) is 34.1 Å². The SMILES string of the molecule is COc1ccc(Nc2c(CC(C)C)nc3nc(C)cc(C)n23)cc1. The Morgan fingerprint density at radius 2 is 1.83 bits per heavy atom. The Kier molecular flexibility index (Phi) is 4.42. The lowest BCUT2D eigenvalue weighted by atomic mass is 10.1. The molecule has 5 heteroatoms. The summed E-state index contributed by atoms with van der Waals surface area (Å²) in [4.78, 5) is 9.35. The molecule has 0 aliphatic rings. The Labute approximate surface area is 142 Å². The molecular weight excluding hydrogens is 300 g/mol. The predicted molar refractivity (Wildman–Crippen MR) is 97.3 cm³/mol. The van der Waals surface area contributed by atoms with Gasteiger partial charge in [0.2, 0.25) is 5.78 Å². The van der Waals surface area contributed by atoms with Crippen LogP contribution in [0.3, 0.4) is 0 Å². The van der Waals surface area contributed by atoms with Gasteiger partial charge in [0.1, 0.15) is 11.6 Å². The van der Waals surface area contributed by atoms with Crippen molar-refractivity contribution in [1.82, 2.24) is 14.4 Å². The van der Waals surface area contributed by atoms with Crippen molar-refractivity contribution < 1.29 is 4.74 Å². The molecular formula is C19H24N4O. The molecule has 0 spiro atoms. The van der Waals surface area contributed by atoms with E-state index in [4.69, 9.17) is 9.72 Å². The van der Waals surface area contributed by atoms with Gasteiger partial charge in [-0.05, 0) is 56.5 Å². The zero-order valence-corrected chi connectivity index (χ0v) is 14.9. The van der Waals surface area contributed by atoms with Crippen LogP contribution in [0.5, 0.6) is 5.75 Å². The summed E-state index contributed by atoms with van der Waals surface area (Å²) in [6.07, 6.45) is 0.903. The van der Waals surface area contributed by atoms with Crippen LogP contribution in [-0.2, 0) is 6.42 Å². The molecule has 1 aromatic carbocycles. The number of rotatable bonds is 5. The number of aromatic nitrogens is 3. The van der Waals surface area contributed by atoms with Gasteiger partial charge in [-0.3, -0.25) is 4.40 Å². The van der Waals surface area contributed by atoms with Gasteiger partial charge in [-0.1, -0.05) is 13.8 Å². The monoisotopic (exact) mass is 324 g/mol. The number of hydrogen-bond donors (Lipinski definition) is 1. The first-order valence-electron chi connectivity index (χ1n) is 8.24. The molecule has 0 bridgehead atoms. The predicted octanol–water partition coefficient (Wildman–Crippen LogP) is 4.30. The van der Waals surface area contributed by atoms with Crippen LogP contribution in [0.25, 0.3) is 5.78 Å². The van der Waals surface area contributed by atoms with Crippen molar-refractivity contribution in [3.8, 4) is 5.75 Å². The first-order chi connectivity index (χ1) is 11.5. The Hall–Kier alpha value is -2.56. The standard InChI is InChI=1S/C19H24N4O/c1-12(2)10-17-18(21-15-6-8-16(24-5)9-7-15)23-14(4)11-13(3)20-19(23)22-17/h6-9,11-12,21H,10H2,1-5H3. The van der Waals surface area contributed by atoms with E-state index in [0.717, 1.165) is 46.5 Å². The topological polar surface area (TPSA) is 51.5 Å². The van der Waals surface area contributed by atoms with Gasteiger partial charge in [0.05, 0.1) is 12.8 Å². The molecule has 0 radical (unpaired) electrons. The molecule has 0 fully saturated rings. The first-order valence-corrected chi connectivity index (χ1v) is 8.24. The van der Waals surface area contributed by atoms with Crippen LogP contribution in [0.2, 0.25) is 0 Å². The van der Waals surface area contributed by atoms with E-state index in [1.54, 1.807) is 7.11 Å². The van der Waals surface area contributed by atoms with Crippen LogP contribution in [0.4, 0.5) is 11.5 Å². The molecule has 0 aliphatic heterocycles. The number of benzene rings is 1. The number of imidazole rings is 1. The van der Waals surface area contributed by atoms with Crippen LogP contribution in [0.1, 0.15) is 30.9 Å². The lowest BCUT2D eigenvalue weighted by molar-refractivity contribution is 0.415. The minimum absolute atomic E-state index is 0.521. The number of nitrogens with one attached hydrogen (secondary N) is 1. The van der Waals surface area contributed by atoms with E-state index in [2.05, 4.69) is 41.5 Å². The highest BCUT2D eigenvalue weighted by molar-refractivity contribution is 5.63. The van der Waals surface area contributed by atoms with E-state index in [1.807, 2.05) is 31.2 Å². The molecule has 0 aliphatic carbocycles. The second-order valence-electron chi connectivity index (χ2n) is 6.53. The average Bonchev–Trinajstić information content (AvgIpc) is 2.84. The molecule has 24 heavy (non-hydrogen) atoms. The Bertz CT molecular complexity index is 850. The van der Waals surface area contributed by atoms with Gasteiger partial charge in [-0.2, -0.15) is 0 Å². The lowest BCUT2D eigenvalue weighted by Crippen LogP contribution is -2.03. The van der Waals surface area contributed by atoms with Crippen molar-refractivity contribution in [1.29, 1.82) is 0 Å². The van der Waals surface area contributed by atoms with Crippen molar-refractivity contribution in [3.05, 3.63) is 47.4 Å². The average molecular weight is 324 g/mol. The second-order valence-corrected chi connectivity index (χ2v) is 6.53. The van der Waals surface area contributed by atoms with Crippen LogP contribution >= 0.6 is 0 Å². The number of hydrogen-bond acceptors (Lipinski definition) is 4. The van der Waals surface area contributed by atoms with Crippen LogP contribution in [0, 0.1) is 19.8 Å². The minimum atomic E-state index is 0.521. The van der Waals surface area contributed by atoms with Crippen LogP contribution in [-0.4, -0.2) is 21.5 Å². The molecule has 2 heterocycles. The summed E-state index contributed by atoms with van der Waals surface area (Å²) in [7, 11) is 1.67. The zero-order chi connectivity index (χ0) is 17.3. The van der Waals surface area contributed by atoms with Crippen molar-refractivity contribution in [2.75, 3.05) is 12.4 Å². The van der Waals surface area contributed by atoms with Crippen LogP contribution in [0.15, 0.2) is 30.3 Å². The zero-order valence-electron chi connectivity index (χ0n) is 14.9. The third kappa shape index (κ3) is 3.20. The van der Waals surface area contributed by atoms with Crippen molar-refractivity contribution >= 4 is 17.3 Å². The second kappa shape index (κ2) is 6.51. The van der Waals surface area contributed by atoms with E-state index in [1.165, 1.54) is 0 Å². The van der Waals surface area contributed by atoms with Gasteiger partial charge in [-0.15, -0.1) is 0 Å². The summed E-state index contributed by atoms with van der Waals surface area (Å²) in [6.45, 7) is 8.49. The number of aryl methyl sites for hydroxylation is 2. The van der Waals surface area contributed by atoms with E-state index < -0.39 is 0 Å². The highest BCUT2D eigenvalue weighted by Crippen LogP contribution is 2.27. The fourth-order valence-corrected chi connectivity index (χ4v) is 2.89. The van der Waals surface area contributed by atoms with Gasteiger partial charge in [0.15, 0.2) is 0 Å². The molecule has 0 amide bonds. The molecule has 126 valence electrons. The highest BCUT2D eigenvalue weighted by atomic mass is 16.5. The van der Waals surface area contributed by atoms with Crippen molar-refractivity contribution in [3.63, 3.8) is 0 Å². The minimum Gasteiger partial charge on any atom is -0.497 e. The fraction of sp³-hybridized carbons (Fsp3) is 0.368.